The molecule has 1 amide bonds. The summed E-state index contributed by atoms with van der Waals surface area (Å²) in [7, 11) is 1.49. The predicted octanol–water partition coefficient (Wildman–Crippen LogP) is 5.13. The topological polar surface area (TPSA) is 56.8 Å². The molecule has 1 N–H and O–H groups in total. The van der Waals surface area contributed by atoms with E-state index in [4.69, 9.17) is 9.47 Å². The van der Waals surface area contributed by atoms with Crippen molar-refractivity contribution >= 4 is 11.6 Å². The highest BCUT2D eigenvalue weighted by Crippen LogP contribution is 2.29. The number of methoxy groups -OCH3 is 1. The number of carbonyl (C=O) groups is 1. The lowest BCUT2D eigenvalue weighted by atomic mass is 10.1. The molecule has 3 aromatic carbocycles. The van der Waals surface area contributed by atoms with Crippen LogP contribution >= 0.6 is 0 Å². The lowest BCUT2D eigenvalue weighted by Crippen LogP contribution is -2.12. The van der Waals surface area contributed by atoms with Crippen molar-refractivity contribution in [3.8, 4) is 17.2 Å². The van der Waals surface area contributed by atoms with Crippen molar-refractivity contribution in [2.24, 2.45) is 0 Å². The maximum Gasteiger partial charge on any atom is 0.387 e. The van der Waals surface area contributed by atoms with Gasteiger partial charge >= 0.3 is 6.61 Å². The summed E-state index contributed by atoms with van der Waals surface area (Å²) in [6.07, 6.45) is 0. The average molecular weight is 399 g/mol. The Hall–Kier alpha value is -3.61. The fraction of sp³-hybridized carbons (Fsp3) is 0.136. The first-order valence-electron chi connectivity index (χ1n) is 8.76. The van der Waals surface area contributed by atoms with Gasteiger partial charge in [-0.25, -0.2) is 0 Å². The maximum absolute atomic E-state index is 12.5. The van der Waals surface area contributed by atoms with Gasteiger partial charge in [0.2, 0.25) is 0 Å². The second-order valence-electron chi connectivity index (χ2n) is 6.00. The van der Waals surface area contributed by atoms with Crippen LogP contribution < -0.4 is 19.5 Å². The molecule has 0 aromatic heterocycles. The number of rotatable bonds is 8. The molecule has 0 spiro atoms. The van der Waals surface area contributed by atoms with Crippen LogP contribution in [0.2, 0.25) is 0 Å². The summed E-state index contributed by atoms with van der Waals surface area (Å²) >= 11 is 0. The van der Waals surface area contributed by atoms with Gasteiger partial charge in [0.05, 0.1) is 7.11 Å². The highest BCUT2D eigenvalue weighted by Gasteiger charge is 2.12. The van der Waals surface area contributed by atoms with Gasteiger partial charge < -0.3 is 19.5 Å². The van der Waals surface area contributed by atoms with E-state index >= 15 is 0 Å². The van der Waals surface area contributed by atoms with E-state index in [0.29, 0.717) is 29.4 Å². The number of hydrogen-bond acceptors (Lipinski definition) is 4. The predicted molar refractivity (Wildman–Crippen MR) is 105 cm³/mol. The molecule has 29 heavy (non-hydrogen) atoms. The van der Waals surface area contributed by atoms with E-state index in [1.165, 1.54) is 31.4 Å². The van der Waals surface area contributed by atoms with Crippen LogP contribution in [0.15, 0.2) is 72.8 Å². The molecule has 0 saturated carbocycles. The number of nitrogens with one attached hydrogen (secondary N) is 1. The minimum absolute atomic E-state index is 0.0135. The fourth-order valence-corrected chi connectivity index (χ4v) is 2.59. The third-order valence-corrected chi connectivity index (χ3v) is 4.00. The Bertz CT molecular complexity index is 947. The van der Waals surface area contributed by atoms with Crippen LogP contribution in [-0.2, 0) is 6.61 Å². The largest absolute Gasteiger partial charge is 0.493 e. The van der Waals surface area contributed by atoms with Gasteiger partial charge in [-0.05, 0) is 48.0 Å². The van der Waals surface area contributed by atoms with E-state index in [1.807, 2.05) is 30.3 Å². The molecule has 0 radical (unpaired) electrons. The Morgan fingerprint density at radius 1 is 0.966 bits per heavy atom. The van der Waals surface area contributed by atoms with E-state index in [9.17, 15) is 13.6 Å². The molecule has 7 heteroatoms. The van der Waals surface area contributed by atoms with E-state index in [2.05, 4.69) is 10.1 Å². The van der Waals surface area contributed by atoms with Gasteiger partial charge in [0.25, 0.3) is 5.91 Å². The van der Waals surface area contributed by atoms with Crippen LogP contribution in [0, 0.1) is 0 Å². The van der Waals surface area contributed by atoms with Gasteiger partial charge in [-0.2, -0.15) is 8.78 Å². The van der Waals surface area contributed by atoms with Gasteiger partial charge in [-0.1, -0.05) is 30.3 Å². The minimum Gasteiger partial charge on any atom is -0.493 e. The summed E-state index contributed by atoms with van der Waals surface area (Å²) < 4.78 is 39.8. The Kier molecular flexibility index (Phi) is 6.63. The molecule has 0 heterocycles. The van der Waals surface area contributed by atoms with Crippen molar-refractivity contribution in [3.63, 3.8) is 0 Å². The fourth-order valence-electron chi connectivity index (χ4n) is 2.59. The molecule has 5 nitrogen and oxygen atoms in total. The number of benzene rings is 3. The average Bonchev–Trinajstić information content (AvgIpc) is 2.74. The van der Waals surface area contributed by atoms with E-state index in [0.717, 1.165) is 5.56 Å². The van der Waals surface area contributed by atoms with E-state index < -0.39 is 6.61 Å². The number of alkyl halides is 2. The van der Waals surface area contributed by atoms with Crippen molar-refractivity contribution in [1.82, 2.24) is 0 Å². The van der Waals surface area contributed by atoms with Crippen molar-refractivity contribution < 1.29 is 27.8 Å². The van der Waals surface area contributed by atoms with Crippen molar-refractivity contribution in [1.29, 1.82) is 0 Å². The molecule has 0 atom stereocenters. The zero-order valence-electron chi connectivity index (χ0n) is 15.6. The van der Waals surface area contributed by atoms with Crippen molar-refractivity contribution in [2.75, 3.05) is 12.4 Å². The number of anilines is 1. The van der Waals surface area contributed by atoms with Gasteiger partial charge in [-0.3, -0.25) is 4.79 Å². The quantitative estimate of drug-likeness (QED) is 0.571. The summed E-state index contributed by atoms with van der Waals surface area (Å²) in [5.41, 5.74) is 1.82. The van der Waals surface area contributed by atoms with Crippen molar-refractivity contribution in [3.05, 3.63) is 83.9 Å². The van der Waals surface area contributed by atoms with Crippen LogP contribution in [-0.4, -0.2) is 19.6 Å². The highest BCUT2D eigenvalue weighted by atomic mass is 19.3. The summed E-state index contributed by atoms with van der Waals surface area (Å²) in [5.74, 6) is 0.579. The summed E-state index contributed by atoms with van der Waals surface area (Å²) in [6, 6.07) is 20.2. The third-order valence-electron chi connectivity index (χ3n) is 4.00. The molecular formula is C22H19F2NO4. The third kappa shape index (κ3) is 5.68. The monoisotopic (exact) mass is 399 g/mol. The normalized spacial score (nSPS) is 10.5. The van der Waals surface area contributed by atoms with Gasteiger partial charge in [-0.15, -0.1) is 0 Å². The molecule has 0 aliphatic carbocycles. The van der Waals surface area contributed by atoms with Crippen molar-refractivity contribution in [2.45, 2.75) is 13.2 Å². The molecular weight excluding hydrogens is 380 g/mol. The minimum atomic E-state index is -2.90. The molecule has 0 aliphatic heterocycles. The van der Waals surface area contributed by atoms with Gasteiger partial charge in [0.1, 0.15) is 12.4 Å². The first-order valence-corrected chi connectivity index (χ1v) is 8.76. The molecule has 0 aliphatic rings. The number of amides is 1. The Morgan fingerprint density at radius 3 is 2.34 bits per heavy atom. The molecule has 0 saturated heterocycles. The molecule has 0 bridgehead atoms. The second-order valence-corrected chi connectivity index (χ2v) is 6.00. The van der Waals surface area contributed by atoms with E-state index in [-0.39, 0.29) is 11.7 Å². The zero-order chi connectivity index (χ0) is 20.6. The standard InChI is InChI=1S/C22H19F2NO4/c1-27-20-13-16(7-12-19(20)28-14-15-5-3-2-4-6-15)21(26)25-17-8-10-18(11-9-17)29-22(23)24/h2-13,22H,14H2,1H3,(H,25,26). The molecule has 0 unspecified atom stereocenters. The highest BCUT2D eigenvalue weighted by molar-refractivity contribution is 6.04. The van der Waals surface area contributed by atoms with Crippen LogP contribution in [0.25, 0.3) is 0 Å². The van der Waals surface area contributed by atoms with Gasteiger partial charge in [0.15, 0.2) is 11.5 Å². The lowest BCUT2D eigenvalue weighted by molar-refractivity contribution is -0.0498. The van der Waals surface area contributed by atoms with Crippen LogP contribution in [0.1, 0.15) is 15.9 Å². The summed E-state index contributed by atoms with van der Waals surface area (Å²) in [5, 5.41) is 2.69. The summed E-state index contributed by atoms with van der Waals surface area (Å²) in [4.78, 5) is 12.5. The number of ether oxygens (including phenoxy) is 3. The van der Waals surface area contributed by atoms with Crippen LogP contribution in [0.4, 0.5) is 14.5 Å². The Balaban J connectivity index is 1.66. The van der Waals surface area contributed by atoms with Gasteiger partial charge in [0, 0.05) is 11.3 Å². The number of hydrogen-bond donors (Lipinski definition) is 1. The van der Waals surface area contributed by atoms with E-state index in [1.54, 1.807) is 18.2 Å². The second kappa shape index (κ2) is 9.54. The Morgan fingerprint density at radius 2 is 1.69 bits per heavy atom. The number of carbonyl (C=O) groups excluding carboxylic acids is 1. The summed E-state index contributed by atoms with van der Waals surface area (Å²) in [6.45, 7) is -2.53. The molecule has 3 aromatic rings. The van der Waals surface area contributed by atoms with Crippen LogP contribution in [0.3, 0.4) is 0 Å². The Labute approximate surface area is 166 Å². The maximum atomic E-state index is 12.5. The smallest absolute Gasteiger partial charge is 0.387 e. The molecule has 0 fully saturated rings. The number of halogens is 2. The lowest BCUT2D eigenvalue weighted by Gasteiger charge is -2.13. The first kappa shape index (κ1) is 20.1. The molecule has 150 valence electrons. The zero-order valence-corrected chi connectivity index (χ0v) is 15.6. The van der Waals surface area contributed by atoms with Crippen LogP contribution in [0.5, 0.6) is 17.2 Å². The molecule has 3 rings (SSSR count). The first-order chi connectivity index (χ1) is 14.0. The SMILES string of the molecule is COc1cc(C(=O)Nc2ccc(OC(F)F)cc2)ccc1OCc1ccccc1.